The van der Waals surface area contributed by atoms with Crippen molar-refractivity contribution in [1.82, 2.24) is 0 Å². The van der Waals surface area contributed by atoms with E-state index >= 15 is 0 Å². The molecule has 0 aliphatic heterocycles. The normalized spacial score (nSPS) is 29.2. The van der Waals surface area contributed by atoms with Crippen LogP contribution >= 0.6 is 0 Å². The molecule has 1 rings (SSSR count). The van der Waals surface area contributed by atoms with Gasteiger partial charge in [0, 0.05) is 0 Å². The van der Waals surface area contributed by atoms with Gasteiger partial charge in [-0.3, -0.25) is 0 Å². The maximum atomic E-state index is 10.4. The average molecular weight is 223 g/mol. The van der Waals surface area contributed by atoms with Crippen molar-refractivity contribution in [1.29, 1.82) is 0 Å². The largest absolute Gasteiger partial charge is 0.384 e. The summed E-state index contributed by atoms with van der Waals surface area (Å²) < 4.78 is 0. The minimum atomic E-state index is -0.814. The van der Waals surface area contributed by atoms with Crippen LogP contribution in [0.3, 0.4) is 0 Å². The molecule has 0 fully saturated rings. The zero-order valence-corrected chi connectivity index (χ0v) is 10.6. The van der Waals surface area contributed by atoms with Crippen molar-refractivity contribution < 1.29 is 5.11 Å². The van der Waals surface area contributed by atoms with Crippen LogP contribution < -0.4 is 5.73 Å². The topological polar surface area (TPSA) is 46.2 Å². The molecule has 0 bridgehead atoms. The number of allylic oxidation sites excluding steroid dienone is 2. The van der Waals surface area contributed by atoms with E-state index in [0.29, 0.717) is 0 Å². The van der Waals surface area contributed by atoms with E-state index in [1.165, 1.54) is 18.4 Å². The molecule has 0 aromatic rings. The first-order valence-electron chi connectivity index (χ1n) is 6.50. The fourth-order valence-electron chi connectivity index (χ4n) is 2.05. The smallest absolute Gasteiger partial charge is 0.102 e. The van der Waals surface area contributed by atoms with E-state index in [1.807, 2.05) is 12.2 Å². The van der Waals surface area contributed by atoms with E-state index in [2.05, 4.69) is 19.9 Å². The Bertz CT molecular complexity index is 270. The third-order valence-corrected chi connectivity index (χ3v) is 3.31. The lowest BCUT2D eigenvalue weighted by Gasteiger charge is -2.32. The summed E-state index contributed by atoms with van der Waals surface area (Å²) in [7, 11) is 0. The second-order valence-corrected chi connectivity index (χ2v) is 4.80. The van der Waals surface area contributed by atoms with Crippen LogP contribution in [0.15, 0.2) is 23.8 Å². The fourth-order valence-corrected chi connectivity index (χ4v) is 2.05. The van der Waals surface area contributed by atoms with Crippen LogP contribution in [0.5, 0.6) is 0 Å². The predicted octanol–water partition coefficient (Wildman–Crippen LogP) is 2.92. The highest BCUT2D eigenvalue weighted by molar-refractivity contribution is 5.32. The van der Waals surface area contributed by atoms with Crippen molar-refractivity contribution in [3.05, 3.63) is 23.8 Å². The van der Waals surface area contributed by atoms with Crippen molar-refractivity contribution >= 4 is 0 Å². The van der Waals surface area contributed by atoms with E-state index in [1.54, 1.807) is 0 Å². The summed E-state index contributed by atoms with van der Waals surface area (Å²) >= 11 is 0. The lowest BCUT2D eigenvalue weighted by atomic mass is 9.83. The van der Waals surface area contributed by atoms with Gasteiger partial charge in [0.2, 0.25) is 0 Å². The number of rotatable bonds is 6. The second kappa shape index (κ2) is 6.21. The van der Waals surface area contributed by atoms with Crippen LogP contribution in [0, 0.1) is 0 Å². The minimum absolute atomic E-state index is 0.240. The summed E-state index contributed by atoms with van der Waals surface area (Å²) in [5, 5.41) is 10.4. The van der Waals surface area contributed by atoms with Gasteiger partial charge >= 0.3 is 0 Å². The van der Waals surface area contributed by atoms with Crippen LogP contribution in [0.1, 0.15) is 52.4 Å². The van der Waals surface area contributed by atoms with Crippen molar-refractivity contribution in [3.63, 3.8) is 0 Å². The molecule has 0 radical (unpaired) electrons. The zero-order chi connectivity index (χ0) is 12.0. The second-order valence-electron chi connectivity index (χ2n) is 4.80. The summed E-state index contributed by atoms with van der Waals surface area (Å²) in [6, 6.07) is -0.240. The molecule has 0 spiro atoms. The maximum absolute atomic E-state index is 10.4. The van der Waals surface area contributed by atoms with Gasteiger partial charge in [-0.2, -0.15) is 0 Å². The lowest BCUT2D eigenvalue weighted by Crippen LogP contribution is -2.46. The van der Waals surface area contributed by atoms with Crippen molar-refractivity contribution in [2.24, 2.45) is 5.73 Å². The number of nitrogens with two attached hydrogens (primary N) is 1. The molecule has 0 saturated carbocycles. The van der Waals surface area contributed by atoms with E-state index in [0.717, 1.165) is 25.7 Å². The number of unbranched alkanes of at least 4 members (excludes halogenated alkanes) is 2. The van der Waals surface area contributed by atoms with E-state index in [4.69, 9.17) is 5.73 Å². The molecule has 0 aromatic heterocycles. The highest BCUT2D eigenvalue weighted by Crippen LogP contribution is 2.27. The first-order valence-corrected chi connectivity index (χ1v) is 6.50. The van der Waals surface area contributed by atoms with Crippen molar-refractivity contribution in [2.45, 2.75) is 64.0 Å². The van der Waals surface area contributed by atoms with Crippen LogP contribution in [0.25, 0.3) is 0 Å². The van der Waals surface area contributed by atoms with Crippen LogP contribution in [0.2, 0.25) is 0 Å². The molecule has 2 heteroatoms. The zero-order valence-electron chi connectivity index (χ0n) is 10.6. The quantitative estimate of drug-likeness (QED) is 0.727. The van der Waals surface area contributed by atoms with Crippen LogP contribution in [-0.4, -0.2) is 16.7 Å². The van der Waals surface area contributed by atoms with Gasteiger partial charge in [0.1, 0.15) is 5.60 Å². The Balaban J connectivity index is 2.57. The Morgan fingerprint density at radius 2 is 2.00 bits per heavy atom. The molecule has 2 atom stereocenters. The SMILES string of the molecule is CCCCC1=CC(N)C(O)(CCCC)C=C1. The van der Waals surface area contributed by atoms with Gasteiger partial charge in [0.15, 0.2) is 0 Å². The molecule has 16 heavy (non-hydrogen) atoms. The van der Waals surface area contributed by atoms with Gasteiger partial charge in [-0.25, -0.2) is 0 Å². The van der Waals surface area contributed by atoms with Gasteiger partial charge in [0.25, 0.3) is 0 Å². The molecule has 0 saturated heterocycles. The Kier molecular flexibility index (Phi) is 5.23. The van der Waals surface area contributed by atoms with Gasteiger partial charge in [-0.15, -0.1) is 0 Å². The standard InChI is InChI=1S/C14H25NO/c1-3-5-7-12-8-10-14(16,9-6-4-2)13(15)11-12/h8,10-11,13,16H,3-7,9,15H2,1-2H3. The first kappa shape index (κ1) is 13.5. The molecular formula is C14H25NO. The van der Waals surface area contributed by atoms with Gasteiger partial charge in [0.05, 0.1) is 6.04 Å². The van der Waals surface area contributed by atoms with E-state index in [-0.39, 0.29) is 6.04 Å². The summed E-state index contributed by atoms with van der Waals surface area (Å²) in [5.41, 5.74) is 6.50. The maximum Gasteiger partial charge on any atom is 0.102 e. The molecule has 1 aliphatic rings. The molecule has 92 valence electrons. The third kappa shape index (κ3) is 3.46. The fraction of sp³-hybridized carbons (Fsp3) is 0.714. The van der Waals surface area contributed by atoms with Crippen LogP contribution in [-0.2, 0) is 0 Å². The highest BCUT2D eigenvalue weighted by Gasteiger charge is 2.31. The summed E-state index contributed by atoms with van der Waals surface area (Å²) in [6.45, 7) is 4.31. The number of hydrogen-bond acceptors (Lipinski definition) is 2. The molecular weight excluding hydrogens is 198 g/mol. The molecule has 0 aromatic carbocycles. The molecule has 0 amide bonds. The summed E-state index contributed by atoms with van der Waals surface area (Å²) in [5.74, 6) is 0. The molecule has 2 nitrogen and oxygen atoms in total. The Morgan fingerprint density at radius 1 is 1.31 bits per heavy atom. The summed E-state index contributed by atoms with van der Waals surface area (Å²) in [6.07, 6.45) is 12.3. The Labute approximate surface area is 99.2 Å². The Hall–Kier alpha value is -0.600. The minimum Gasteiger partial charge on any atom is -0.384 e. The molecule has 3 N–H and O–H groups in total. The number of aliphatic hydroxyl groups is 1. The highest BCUT2D eigenvalue weighted by atomic mass is 16.3. The van der Waals surface area contributed by atoms with Crippen LogP contribution in [0.4, 0.5) is 0 Å². The van der Waals surface area contributed by atoms with Gasteiger partial charge in [-0.05, 0) is 19.3 Å². The van der Waals surface area contributed by atoms with Gasteiger partial charge < -0.3 is 10.8 Å². The molecule has 0 heterocycles. The molecule has 2 unspecified atom stereocenters. The van der Waals surface area contributed by atoms with Crippen molar-refractivity contribution in [3.8, 4) is 0 Å². The average Bonchev–Trinajstić information content (AvgIpc) is 2.28. The number of hydrogen-bond donors (Lipinski definition) is 2. The van der Waals surface area contributed by atoms with E-state index in [9.17, 15) is 5.11 Å². The lowest BCUT2D eigenvalue weighted by molar-refractivity contribution is 0.0642. The Morgan fingerprint density at radius 3 is 2.56 bits per heavy atom. The molecule has 1 aliphatic carbocycles. The van der Waals surface area contributed by atoms with Crippen molar-refractivity contribution in [2.75, 3.05) is 0 Å². The van der Waals surface area contributed by atoms with E-state index < -0.39 is 5.60 Å². The first-order chi connectivity index (χ1) is 7.62. The van der Waals surface area contributed by atoms with Gasteiger partial charge in [-0.1, -0.05) is 56.9 Å². The summed E-state index contributed by atoms with van der Waals surface area (Å²) in [4.78, 5) is 0. The monoisotopic (exact) mass is 223 g/mol. The third-order valence-electron chi connectivity index (χ3n) is 3.31. The predicted molar refractivity (Wildman–Crippen MR) is 69.2 cm³/mol.